The van der Waals surface area contributed by atoms with E-state index in [-0.39, 0.29) is 0 Å². The van der Waals surface area contributed by atoms with Gasteiger partial charge in [0.05, 0.1) is 0 Å². The van der Waals surface area contributed by atoms with Gasteiger partial charge >= 0.3 is 0 Å². The van der Waals surface area contributed by atoms with Crippen LogP contribution in [0.4, 0.5) is 0 Å². The number of halogens is 3. The van der Waals surface area contributed by atoms with E-state index in [4.69, 9.17) is 34.8 Å². The van der Waals surface area contributed by atoms with Gasteiger partial charge in [0.15, 0.2) is 4.30 Å². The predicted molar refractivity (Wildman–Crippen MR) is 73.3 cm³/mol. The first kappa shape index (κ1) is 18.2. The standard InChI is InChI=1S/C6H12.C4H11N.CHCl3/c1-2-4-6-5-3-1;1-3-5-4-2;2-1(3)4/h1-6H2;5H,3-4H2,1-2H3;1H. The van der Waals surface area contributed by atoms with E-state index in [1.165, 1.54) is 38.5 Å². The van der Waals surface area contributed by atoms with Crippen molar-refractivity contribution in [2.75, 3.05) is 13.1 Å². The lowest BCUT2D eigenvalue weighted by Gasteiger charge is -2.05. The quantitative estimate of drug-likeness (QED) is 0.704. The van der Waals surface area contributed by atoms with Crippen LogP contribution in [-0.4, -0.2) is 17.4 Å². The monoisotopic (exact) mass is 275 g/mol. The molecule has 15 heavy (non-hydrogen) atoms. The highest BCUT2D eigenvalue weighted by Gasteiger charge is 1.95. The van der Waals surface area contributed by atoms with Crippen LogP contribution in [0.5, 0.6) is 0 Å². The molecule has 0 spiro atoms. The molecule has 1 rings (SSSR count). The third-order valence-corrected chi connectivity index (χ3v) is 2.00. The Morgan fingerprint density at radius 2 is 1.00 bits per heavy atom. The zero-order valence-corrected chi connectivity index (χ0v) is 12.1. The second-order valence-corrected chi connectivity index (χ2v) is 5.31. The normalized spacial score (nSPS) is 14.8. The number of nitrogens with one attached hydrogen (secondary N) is 1. The number of alkyl halides is 3. The highest BCUT2D eigenvalue weighted by molar-refractivity contribution is 6.63. The van der Waals surface area contributed by atoms with E-state index in [1.807, 2.05) is 0 Å². The Bertz CT molecular complexity index is 79.6. The summed E-state index contributed by atoms with van der Waals surface area (Å²) in [5.41, 5.74) is 0. The molecule has 0 aromatic heterocycles. The highest BCUT2D eigenvalue weighted by atomic mass is 35.6. The van der Waals surface area contributed by atoms with E-state index in [0.29, 0.717) is 0 Å². The lowest BCUT2D eigenvalue weighted by atomic mass is 10.0. The lowest BCUT2D eigenvalue weighted by Crippen LogP contribution is -2.09. The number of hydrogen-bond donors (Lipinski definition) is 1. The average Bonchev–Trinajstić information content (AvgIpc) is 2.22. The molecule has 0 atom stereocenters. The van der Waals surface area contributed by atoms with Gasteiger partial charge < -0.3 is 5.32 Å². The topological polar surface area (TPSA) is 12.0 Å². The molecule has 94 valence electrons. The molecule has 0 radical (unpaired) electrons. The Balaban J connectivity index is 0. The second kappa shape index (κ2) is 17.2. The summed E-state index contributed by atoms with van der Waals surface area (Å²) in [6, 6.07) is 0. The molecule has 0 saturated heterocycles. The molecule has 0 amide bonds. The summed E-state index contributed by atoms with van der Waals surface area (Å²) in [6.45, 7) is 6.39. The van der Waals surface area contributed by atoms with Gasteiger partial charge in [-0.2, -0.15) is 0 Å². The largest absolute Gasteiger partial charge is 0.317 e. The summed E-state index contributed by atoms with van der Waals surface area (Å²) in [7, 11) is 0. The Hall–Kier alpha value is 0.830. The minimum atomic E-state index is -0.750. The summed E-state index contributed by atoms with van der Waals surface area (Å²) in [4.78, 5) is 0. The van der Waals surface area contributed by atoms with Crippen LogP contribution in [0.15, 0.2) is 0 Å². The van der Waals surface area contributed by atoms with Gasteiger partial charge in [0, 0.05) is 0 Å². The van der Waals surface area contributed by atoms with E-state index in [0.717, 1.165) is 13.1 Å². The summed E-state index contributed by atoms with van der Waals surface area (Å²) >= 11 is 14.4. The lowest BCUT2D eigenvalue weighted by molar-refractivity contribution is 0.504. The molecule has 0 heterocycles. The zero-order valence-electron chi connectivity index (χ0n) is 9.87. The molecule has 1 nitrogen and oxygen atoms in total. The van der Waals surface area contributed by atoms with Gasteiger partial charge in [0.1, 0.15) is 0 Å². The third kappa shape index (κ3) is 31.3. The van der Waals surface area contributed by atoms with Crippen molar-refractivity contribution in [2.45, 2.75) is 56.7 Å². The average molecular weight is 277 g/mol. The van der Waals surface area contributed by atoms with Crippen molar-refractivity contribution < 1.29 is 0 Å². The van der Waals surface area contributed by atoms with Crippen LogP contribution in [0.2, 0.25) is 0 Å². The minimum absolute atomic E-state index is 0.750. The fourth-order valence-corrected chi connectivity index (χ4v) is 1.31. The molecule has 1 N–H and O–H groups in total. The van der Waals surface area contributed by atoms with Crippen LogP contribution in [-0.2, 0) is 0 Å². The van der Waals surface area contributed by atoms with Crippen molar-refractivity contribution in [1.82, 2.24) is 5.32 Å². The maximum Gasteiger partial charge on any atom is 0.180 e. The molecule has 1 aliphatic rings. The fourth-order valence-electron chi connectivity index (χ4n) is 1.31. The first-order chi connectivity index (χ1) is 7.15. The first-order valence-corrected chi connectivity index (χ1v) is 7.09. The molecule has 1 aliphatic carbocycles. The molecule has 0 unspecified atom stereocenters. The SMILES string of the molecule is C1CCCCC1.CCNCC.ClC(Cl)Cl. The Morgan fingerprint density at radius 1 is 0.800 bits per heavy atom. The smallest absolute Gasteiger partial charge is 0.180 e. The number of rotatable bonds is 2. The molecule has 0 aliphatic heterocycles. The van der Waals surface area contributed by atoms with Gasteiger partial charge in [-0.05, 0) is 13.1 Å². The van der Waals surface area contributed by atoms with E-state index in [9.17, 15) is 0 Å². The van der Waals surface area contributed by atoms with Crippen LogP contribution in [0.1, 0.15) is 52.4 Å². The van der Waals surface area contributed by atoms with Crippen LogP contribution >= 0.6 is 34.8 Å². The van der Waals surface area contributed by atoms with Crippen molar-refractivity contribution in [3.8, 4) is 0 Å². The molecular weight excluding hydrogens is 252 g/mol. The molecule has 1 saturated carbocycles. The summed E-state index contributed by atoms with van der Waals surface area (Å²) in [5, 5.41) is 3.11. The minimum Gasteiger partial charge on any atom is -0.317 e. The Labute approximate surface area is 110 Å². The van der Waals surface area contributed by atoms with Crippen LogP contribution in [0.3, 0.4) is 0 Å². The van der Waals surface area contributed by atoms with Gasteiger partial charge in [-0.25, -0.2) is 0 Å². The van der Waals surface area contributed by atoms with Crippen molar-refractivity contribution in [2.24, 2.45) is 0 Å². The van der Waals surface area contributed by atoms with Crippen molar-refractivity contribution in [1.29, 1.82) is 0 Å². The van der Waals surface area contributed by atoms with Gasteiger partial charge in [-0.1, -0.05) is 87.2 Å². The second-order valence-electron chi connectivity index (χ2n) is 3.33. The summed E-state index contributed by atoms with van der Waals surface area (Å²) in [6.07, 6.45) is 9.00. The maximum absolute atomic E-state index is 4.81. The molecule has 1 fully saturated rings. The molecule has 0 aromatic rings. The van der Waals surface area contributed by atoms with Crippen molar-refractivity contribution in [3.05, 3.63) is 0 Å². The van der Waals surface area contributed by atoms with Crippen LogP contribution in [0, 0.1) is 0 Å². The number of hydrogen-bond acceptors (Lipinski definition) is 1. The Morgan fingerprint density at radius 3 is 1.07 bits per heavy atom. The van der Waals surface area contributed by atoms with Gasteiger partial charge in [0.2, 0.25) is 0 Å². The Kier molecular flexibility index (Phi) is 20.9. The molecular formula is C11H24Cl3N. The molecule has 0 aromatic carbocycles. The van der Waals surface area contributed by atoms with E-state index < -0.39 is 4.30 Å². The van der Waals surface area contributed by atoms with E-state index in [2.05, 4.69) is 19.2 Å². The molecule has 0 bridgehead atoms. The summed E-state index contributed by atoms with van der Waals surface area (Å²) < 4.78 is -0.750. The maximum atomic E-state index is 4.81. The fraction of sp³-hybridized carbons (Fsp3) is 1.00. The first-order valence-electron chi connectivity index (χ1n) is 5.78. The summed E-state index contributed by atoms with van der Waals surface area (Å²) in [5.74, 6) is 0. The van der Waals surface area contributed by atoms with Gasteiger partial charge in [-0.15, -0.1) is 0 Å². The van der Waals surface area contributed by atoms with Crippen molar-refractivity contribution in [3.63, 3.8) is 0 Å². The molecule has 4 heteroatoms. The third-order valence-electron chi connectivity index (χ3n) is 2.00. The van der Waals surface area contributed by atoms with Gasteiger partial charge in [-0.3, -0.25) is 0 Å². The van der Waals surface area contributed by atoms with E-state index in [1.54, 1.807) is 0 Å². The van der Waals surface area contributed by atoms with Crippen LogP contribution < -0.4 is 5.32 Å². The van der Waals surface area contributed by atoms with Crippen LogP contribution in [0.25, 0.3) is 0 Å². The zero-order chi connectivity index (χ0) is 11.9. The van der Waals surface area contributed by atoms with E-state index >= 15 is 0 Å². The predicted octanol–water partition coefficient (Wildman–Crippen LogP) is 4.94. The van der Waals surface area contributed by atoms with Gasteiger partial charge in [0.25, 0.3) is 0 Å². The highest BCUT2D eigenvalue weighted by Crippen LogP contribution is 2.15. The van der Waals surface area contributed by atoms with Crippen molar-refractivity contribution >= 4 is 34.8 Å².